The maximum absolute atomic E-state index is 12.4. The van der Waals surface area contributed by atoms with Gasteiger partial charge in [0, 0.05) is 18.3 Å². The predicted molar refractivity (Wildman–Crippen MR) is 88.6 cm³/mol. The topological polar surface area (TPSA) is 102 Å². The number of benzene rings is 1. The third-order valence-corrected chi connectivity index (χ3v) is 4.46. The molecule has 1 atom stereocenters. The van der Waals surface area contributed by atoms with Gasteiger partial charge in [0.2, 0.25) is 10.0 Å². The molecule has 23 heavy (non-hydrogen) atoms. The first-order chi connectivity index (χ1) is 10.4. The summed E-state index contributed by atoms with van der Waals surface area (Å²) in [4.78, 5) is 16.7. The number of anilines is 1. The first-order valence-electron chi connectivity index (χ1n) is 7.04. The minimum absolute atomic E-state index is 0.186. The van der Waals surface area contributed by atoms with Crippen molar-refractivity contribution in [2.75, 3.05) is 19.0 Å². The number of sulfonamides is 1. The van der Waals surface area contributed by atoms with E-state index >= 15 is 0 Å². The van der Waals surface area contributed by atoms with E-state index in [1.807, 2.05) is 0 Å². The number of nitrogen functional groups attached to an aromatic ring is 1. The Bertz CT molecular complexity index is 778. The van der Waals surface area contributed by atoms with Gasteiger partial charge in [0.1, 0.15) is 11.4 Å². The van der Waals surface area contributed by atoms with E-state index in [9.17, 15) is 13.2 Å². The molecule has 0 fully saturated rings. The zero-order chi connectivity index (χ0) is 17.6. The molecular formula is C15H21N3O4S. The monoisotopic (exact) mass is 339 g/mol. The Morgan fingerprint density at radius 1 is 1.35 bits per heavy atom. The fourth-order valence-corrected chi connectivity index (χ4v) is 2.67. The van der Waals surface area contributed by atoms with Crippen LogP contribution >= 0.6 is 0 Å². The highest BCUT2D eigenvalue weighted by Gasteiger charge is 2.36. The molecule has 0 radical (unpaired) electrons. The lowest BCUT2D eigenvalue weighted by Crippen LogP contribution is -2.32. The van der Waals surface area contributed by atoms with Gasteiger partial charge in [-0.25, -0.2) is 18.2 Å². The molecular weight excluding hydrogens is 318 g/mol. The van der Waals surface area contributed by atoms with E-state index in [2.05, 4.69) is 4.99 Å². The Morgan fingerprint density at radius 2 is 1.96 bits per heavy atom. The number of hydrogen-bond acceptors (Lipinski definition) is 6. The van der Waals surface area contributed by atoms with Crippen molar-refractivity contribution in [3.63, 3.8) is 0 Å². The third-order valence-electron chi connectivity index (χ3n) is 3.29. The van der Waals surface area contributed by atoms with E-state index in [0.29, 0.717) is 16.8 Å². The largest absolute Gasteiger partial charge is 0.458 e. The van der Waals surface area contributed by atoms with Crippen molar-refractivity contribution in [1.82, 2.24) is 4.31 Å². The smallest absolute Gasteiger partial charge is 0.336 e. The summed E-state index contributed by atoms with van der Waals surface area (Å²) in [6.45, 7) is 5.28. The molecule has 0 spiro atoms. The number of carbonyl (C=O) groups excluding carboxylic acids is 1. The maximum atomic E-state index is 12.4. The van der Waals surface area contributed by atoms with Gasteiger partial charge in [-0.1, -0.05) is 6.07 Å². The highest BCUT2D eigenvalue weighted by Crippen LogP contribution is 2.34. The number of aliphatic imine (C=N–C) groups is 1. The summed E-state index contributed by atoms with van der Waals surface area (Å²) >= 11 is 0. The Kier molecular flexibility index (Phi) is 4.14. The number of nitrogens with two attached hydrogens (primary N) is 1. The molecule has 0 aromatic heterocycles. The van der Waals surface area contributed by atoms with Crippen molar-refractivity contribution in [2.24, 2.45) is 4.99 Å². The summed E-state index contributed by atoms with van der Waals surface area (Å²) in [5.74, 6) is -0.342. The van der Waals surface area contributed by atoms with Crippen LogP contribution in [0, 0.1) is 0 Å². The minimum atomic E-state index is -3.52. The molecule has 0 saturated heterocycles. The second-order valence-corrected chi connectivity index (χ2v) is 8.48. The molecule has 1 unspecified atom stereocenters. The maximum Gasteiger partial charge on any atom is 0.336 e. The summed E-state index contributed by atoms with van der Waals surface area (Å²) in [6.07, 6.45) is 1.07. The Labute approximate surface area is 136 Å². The SMILES string of the molecule is CN(C1=NC(C(=O)OC(C)(C)C)c2ccc(N)cc21)S(C)(=O)=O. The van der Waals surface area contributed by atoms with Crippen LogP contribution in [-0.4, -0.2) is 43.4 Å². The molecule has 1 aromatic carbocycles. The molecule has 0 saturated carbocycles. The summed E-state index contributed by atoms with van der Waals surface area (Å²) in [5, 5.41) is 0. The number of nitrogens with zero attached hydrogens (tertiary/aromatic N) is 2. The van der Waals surface area contributed by atoms with E-state index in [4.69, 9.17) is 10.5 Å². The molecule has 0 aliphatic carbocycles. The summed E-state index contributed by atoms with van der Waals surface area (Å²) in [6, 6.07) is 4.03. The Hall–Kier alpha value is -2.09. The lowest BCUT2D eigenvalue weighted by atomic mass is 10.0. The van der Waals surface area contributed by atoms with Gasteiger partial charge in [0.25, 0.3) is 0 Å². The molecule has 126 valence electrons. The zero-order valence-electron chi connectivity index (χ0n) is 13.8. The van der Waals surface area contributed by atoms with Crippen LogP contribution in [0.4, 0.5) is 5.69 Å². The molecule has 1 aromatic rings. The molecule has 1 aliphatic rings. The van der Waals surface area contributed by atoms with Crippen LogP contribution in [0.2, 0.25) is 0 Å². The average molecular weight is 339 g/mol. The number of rotatable bonds is 2. The second-order valence-electron chi connectivity index (χ2n) is 6.47. The van der Waals surface area contributed by atoms with Crippen LogP contribution in [0.1, 0.15) is 37.9 Å². The standard InChI is InChI=1S/C15H21N3O4S/c1-15(2,3)22-14(19)12-10-7-6-9(16)8-11(10)13(17-12)18(4)23(5,20)21/h6-8,12H,16H2,1-5H3. The predicted octanol–water partition coefficient (Wildman–Crippen LogP) is 1.30. The molecule has 0 amide bonds. The van der Waals surface area contributed by atoms with E-state index < -0.39 is 27.6 Å². The molecule has 2 rings (SSSR count). The Morgan fingerprint density at radius 3 is 2.48 bits per heavy atom. The quantitative estimate of drug-likeness (QED) is 0.646. The van der Waals surface area contributed by atoms with E-state index in [0.717, 1.165) is 10.6 Å². The van der Waals surface area contributed by atoms with E-state index in [-0.39, 0.29) is 5.84 Å². The number of hydrogen-bond donors (Lipinski definition) is 1. The fourth-order valence-electron chi connectivity index (χ4n) is 2.21. The van der Waals surface area contributed by atoms with Gasteiger partial charge in [0.15, 0.2) is 6.04 Å². The van der Waals surface area contributed by atoms with Crippen molar-refractivity contribution >= 4 is 27.5 Å². The summed E-state index contributed by atoms with van der Waals surface area (Å²) in [5.41, 5.74) is 6.69. The lowest BCUT2D eigenvalue weighted by molar-refractivity contribution is -0.156. The first kappa shape index (κ1) is 17.3. The highest BCUT2D eigenvalue weighted by atomic mass is 32.2. The van der Waals surface area contributed by atoms with Crippen molar-refractivity contribution in [1.29, 1.82) is 0 Å². The van der Waals surface area contributed by atoms with Crippen molar-refractivity contribution in [3.05, 3.63) is 29.3 Å². The van der Waals surface area contributed by atoms with Crippen LogP contribution in [-0.2, 0) is 19.6 Å². The third kappa shape index (κ3) is 3.64. The summed E-state index contributed by atoms with van der Waals surface area (Å²) in [7, 11) is -2.13. The van der Waals surface area contributed by atoms with Crippen molar-refractivity contribution < 1.29 is 17.9 Å². The highest BCUT2D eigenvalue weighted by molar-refractivity contribution is 7.88. The average Bonchev–Trinajstić information content (AvgIpc) is 2.73. The van der Waals surface area contributed by atoms with Gasteiger partial charge in [0.05, 0.1) is 6.26 Å². The molecule has 7 nitrogen and oxygen atoms in total. The molecule has 8 heteroatoms. The van der Waals surface area contributed by atoms with Crippen LogP contribution < -0.4 is 5.73 Å². The number of carbonyl (C=O) groups is 1. The lowest BCUT2D eigenvalue weighted by Gasteiger charge is -2.21. The van der Waals surface area contributed by atoms with Gasteiger partial charge in [-0.05, 0) is 38.5 Å². The fraction of sp³-hybridized carbons (Fsp3) is 0.467. The van der Waals surface area contributed by atoms with Crippen LogP contribution in [0.3, 0.4) is 0 Å². The molecule has 1 heterocycles. The van der Waals surface area contributed by atoms with Gasteiger partial charge < -0.3 is 10.5 Å². The van der Waals surface area contributed by atoms with Crippen molar-refractivity contribution in [2.45, 2.75) is 32.4 Å². The number of ether oxygens (including phenoxy) is 1. The molecule has 2 N–H and O–H groups in total. The number of amidine groups is 1. The van der Waals surface area contributed by atoms with Crippen molar-refractivity contribution in [3.8, 4) is 0 Å². The molecule has 0 bridgehead atoms. The normalized spacial score (nSPS) is 17.4. The summed E-state index contributed by atoms with van der Waals surface area (Å²) < 4.78 is 30.0. The number of esters is 1. The van der Waals surface area contributed by atoms with Gasteiger partial charge >= 0.3 is 5.97 Å². The second kappa shape index (κ2) is 5.52. The van der Waals surface area contributed by atoms with E-state index in [1.54, 1.807) is 39.0 Å². The van der Waals surface area contributed by atoms with Gasteiger partial charge in [-0.2, -0.15) is 0 Å². The Balaban J connectivity index is 2.51. The van der Waals surface area contributed by atoms with Gasteiger partial charge in [-0.3, -0.25) is 4.31 Å². The first-order valence-corrected chi connectivity index (χ1v) is 8.89. The zero-order valence-corrected chi connectivity index (χ0v) is 14.6. The number of fused-ring (bicyclic) bond motifs is 1. The van der Waals surface area contributed by atoms with E-state index in [1.165, 1.54) is 7.05 Å². The van der Waals surface area contributed by atoms with Crippen LogP contribution in [0.25, 0.3) is 0 Å². The van der Waals surface area contributed by atoms with Crippen LogP contribution in [0.5, 0.6) is 0 Å². The van der Waals surface area contributed by atoms with Gasteiger partial charge in [-0.15, -0.1) is 0 Å². The minimum Gasteiger partial charge on any atom is -0.458 e. The van der Waals surface area contributed by atoms with Crippen LogP contribution in [0.15, 0.2) is 23.2 Å². The molecule has 1 aliphatic heterocycles.